The van der Waals surface area contributed by atoms with Gasteiger partial charge in [-0.2, -0.15) is 0 Å². The van der Waals surface area contributed by atoms with Crippen molar-refractivity contribution in [1.82, 2.24) is 0 Å². The fraction of sp³-hybridized carbons (Fsp3) is 0.562. The summed E-state index contributed by atoms with van der Waals surface area (Å²) >= 11 is 3.42. The molecule has 18 heavy (non-hydrogen) atoms. The third-order valence-electron chi connectivity index (χ3n) is 4.11. The third-order valence-corrected chi connectivity index (χ3v) is 4.64. The van der Waals surface area contributed by atoms with Crippen molar-refractivity contribution in [2.75, 3.05) is 0 Å². The van der Waals surface area contributed by atoms with Crippen LogP contribution in [0.15, 0.2) is 28.7 Å². The summed E-state index contributed by atoms with van der Waals surface area (Å²) in [6.07, 6.45) is 6.60. The van der Waals surface area contributed by atoms with E-state index in [1.54, 1.807) is 0 Å². The van der Waals surface area contributed by atoms with Gasteiger partial charge in [-0.05, 0) is 36.5 Å². The minimum Gasteiger partial charge on any atom is -0.299 e. The Balaban J connectivity index is 1.93. The van der Waals surface area contributed by atoms with E-state index in [4.69, 9.17) is 0 Å². The molecule has 98 valence electrons. The molecule has 2 unspecified atom stereocenters. The van der Waals surface area contributed by atoms with Crippen molar-refractivity contribution < 1.29 is 4.79 Å². The second kappa shape index (κ2) is 6.51. The number of benzene rings is 1. The molecule has 2 heteroatoms. The average molecular weight is 309 g/mol. The van der Waals surface area contributed by atoms with Gasteiger partial charge in [0.1, 0.15) is 5.78 Å². The van der Waals surface area contributed by atoms with E-state index in [0.717, 1.165) is 28.8 Å². The quantitative estimate of drug-likeness (QED) is 0.782. The molecule has 1 saturated carbocycles. The monoisotopic (exact) mass is 308 g/mol. The summed E-state index contributed by atoms with van der Waals surface area (Å²) in [4.78, 5) is 12.3. The van der Waals surface area contributed by atoms with Crippen LogP contribution in [0.5, 0.6) is 0 Å². The fourth-order valence-corrected chi connectivity index (χ4v) is 3.17. The minimum atomic E-state index is 0.312. The van der Waals surface area contributed by atoms with Crippen molar-refractivity contribution in [2.24, 2.45) is 11.8 Å². The topological polar surface area (TPSA) is 17.1 Å². The van der Waals surface area contributed by atoms with Crippen molar-refractivity contribution in [1.29, 1.82) is 0 Å². The first-order valence-corrected chi connectivity index (χ1v) is 7.75. The van der Waals surface area contributed by atoms with E-state index < -0.39 is 0 Å². The van der Waals surface area contributed by atoms with Crippen molar-refractivity contribution >= 4 is 21.7 Å². The van der Waals surface area contributed by atoms with Crippen molar-refractivity contribution in [2.45, 2.75) is 45.4 Å². The minimum absolute atomic E-state index is 0.312. The SMILES string of the molecule is CCC1CCCC(C(=O)Cc2ccc(Br)cc2)C1. The highest BCUT2D eigenvalue weighted by molar-refractivity contribution is 9.10. The van der Waals surface area contributed by atoms with E-state index in [0.29, 0.717) is 18.1 Å². The smallest absolute Gasteiger partial charge is 0.140 e. The van der Waals surface area contributed by atoms with Gasteiger partial charge >= 0.3 is 0 Å². The molecule has 0 amide bonds. The van der Waals surface area contributed by atoms with Crippen LogP contribution in [-0.4, -0.2) is 5.78 Å². The number of Topliss-reactive ketones (excluding diaryl/α,β-unsaturated/α-hetero) is 1. The highest BCUT2D eigenvalue weighted by Gasteiger charge is 2.25. The van der Waals surface area contributed by atoms with E-state index in [9.17, 15) is 4.79 Å². The zero-order valence-electron chi connectivity index (χ0n) is 11.0. The Hall–Kier alpha value is -0.630. The maximum atomic E-state index is 12.3. The maximum absolute atomic E-state index is 12.3. The summed E-state index contributed by atoms with van der Waals surface area (Å²) in [6, 6.07) is 8.11. The molecular formula is C16H21BrO. The molecule has 0 saturated heterocycles. The zero-order valence-corrected chi connectivity index (χ0v) is 12.6. The Morgan fingerprint density at radius 3 is 2.67 bits per heavy atom. The highest BCUT2D eigenvalue weighted by Crippen LogP contribution is 2.32. The standard InChI is InChI=1S/C16H21BrO/c1-2-12-4-3-5-14(10-12)16(18)11-13-6-8-15(17)9-7-13/h6-9,12,14H,2-5,10-11H2,1H3. The molecule has 1 aliphatic rings. The Kier molecular flexibility index (Phi) is 4.99. The molecule has 1 nitrogen and oxygen atoms in total. The van der Waals surface area contributed by atoms with E-state index in [1.807, 2.05) is 24.3 Å². The summed E-state index contributed by atoms with van der Waals surface area (Å²) in [5.74, 6) is 1.53. The summed E-state index contributed by atoms with van der Waals surface area (Å²) in [5, 5.41) is 0. The molecule has 0 heterocycles. The van der Waals surface area contributed by atoms with Gasteiger partial charge in [0.2, 0.25) is 0 Å². The predicted octanol–water partition coefficient (Wildman–Crippen LogP) is 4.78. The number of rotatable bonds is 4. The Morgan fingerprint density at radius 2 is 2.00 bits per heavy atom. The van der Waals surface area contributed by atoms with Crippen molar-refractivity contribution in [3.8, 4) is 0 Å². The van der Waals surface area contributed by atoms with Gasteiger partial charge in [-0.1, -0.05) is 54.2 Å². The van der Waals surface area contributed by atoms with Crippen LogP contribution in [0, 0.1) is 11.8 Å². The van der Waals surface area contributed by atoms with Crippen LogP contribution >= 0.6 is 15.9 Å². The van der Waals surface area contributed by atoms with Gasteiger partial charge in [-0.15, -0.1) is 0 Å². The van der Waals surface area contributed by atoms with Crippen LogP contribution in [0.25, 0.3) is 0 Å². The highest BCUT2D eigenvalue weighted by atomic mass is 79.9. The van der Waals surface area contributed by atoms with Gasteiger partial charge in [0.25, 0.3) is 0 Å². The van der Waals surface area contributed by atoms with Crippen LogP contribution < -0.4 is 0 Å². The van der Waals surface area contributed by atoms with Gasteiger partial charge in [-0.25, -0.2) is 0 Å². The molecule has 2 rings (SSSR count). The van der Waals surface area contributed by atoms with Crippen LogP contribution in [0.4, 0.5) is 0 Å². The number of ketones is 1. The third kappa shape index (κ3) is 3.68. The molecule has 1 aromatic carbocycles. The average Bonchev–Trinajstić information content (AvgIpc) is 2.41. The maximum Gasteiger partial charge on any atom is 0.140 e. The first kappa shape index (κ1) is 13.8. The number of halogens is 1. The second-order valence-electron chi connectivity index (χ2n) is 5.41. The Labute approximate surface area is 118 Å². The van der Waals surface area contributed by atoms with Crippen LogP contribution in [-0.2, 0) is 11.2 Å². The van der Waals surface area contributed by atoms with Gasteiger partial charge in [0.15, 0.2) is 0 Å². The molecule has 0 spiro atoms. The molecule has 1 aliphatic carbocycles. The molecule has 1 fully saturated rings. The van der Waals surface area contributed by atoms with Crippen LogP contribution in [0.2, 0.25) is 0 Å². The lowest BCUT2D eigenvalue weighted by Gasteiger charge is -2.27. The number of hydrogen-bond donors (Lipinski definition) is 0. The Morgan fingerprint density at radius 1 is 1.28 bits per heavy atom. The zero-order chi connectivity index (χ0) is 13.0. The van der Waals surface area contributed by atoms with E-state index in [-0.39, 0.29) is 0 Å². The molecule has 0 aliphatic heterocycles. The normalized spacial score (nSPS) is 23.9. The van der Waals surface area contributed by atoms with Crippen molar-refractivity contribution in [3.05, 3.63) is 34.3 Å². The lowest BCUT2D eigenvalue weighted by atomic mass is 9.77. The summed E-state index contributed by atoms with van der Waals surface area (Å²) in [5.41, 5.74) is 1.14. The lowest BCUT2D eigenvalue weighted by Crippen LogP contribution is -2.24. The molecule has 2 atom stereocenters. The molecule has 0 N–H and O–H groups in total. The van der Waals surface area contributed by atoms with Gasteiger partial charge < -0.3 is 0 Å². The largest absolute Gasteiger partial charge is 0.299 e. The van der Waals surface area contributed by atoms with Gasteiger partial charge in [0.05, 0.1) is 0 Å². The second-order valence-corrected chi connectivity index (χ2v) is 6.32. The molecule has 0 bridgehead atoms. The molecule has 1 aromatic rings. The Bertz CT molecular complexity index is 396. The first-order chi connectivity index (χ1) is 8.69. The van der Waals surface area contributed by atoms with Crippen LogP contribution in [0.1, 0.15) is 44.6 Å². The fourth-order valence-electron chi connectivity index (χ4n) is 2.90. The molecule has 0 radical (unpaired) electrons. The van der Waals surface area contributed by atoms with Gasteiger partial charge in [0, 0.05) is 16.8 Å². The van der Waals surface area contributed by atoms with E-state index in [2.05, 4.69) is 22.9 Å². The summed E-state index contributed by atoms with van der Waals surface area (Å²) in [6.45, 7) is 2.24. The van der Waals surface area contributed by atoms with Crippen molar-refractivity contribution in [3.63, 3.8) is 0 Å². The molecular weight excluding hydrogens is 288 g/mol. The summed E-state index contributed by atoms with van der Waals surface area (Å²) in [7, 11) is 0. The van der Waals surface area contributed by atoms with E-state index in [1.165, 1.54) is 19.3 Å². The number of carbonyl (C=O) groups is 1. The lowest BCUT2D eigenvalue weighted by molar-refractivity contribution is -0.123. The first-order valence-electron chi connectivity index (χ1n) is 6.96. The number of carbonyl (C=O) groups excluding carboxylic acids is 1. The summed E-state index contributed by atoms with van der Waals surface area (Å²) < 4.78 is 1.07. The molecule has 0 aromatic heterocycles. The predicted molar refractivity (Wildman–Crippen MR) is 78.6 cm³/mol. The number of hydrogen-bond acceptors (Lipinski definition) is 1. The van der Waals surface area contributed by atoms with E-state index >= 15 is 0 Å². The van der Waals surface area contributed by atoms with Crippen LogP contribution in [0.3, 0.4) is 0 Å². The van der Waals surface area contributed by atoms with Gasteiger partial charge in [-0.3, -0.25) is 4.79 Å².